The average molecular weight is 733 g/mol. The molecule has 0 unspecified atom stereocenters. The highest BCUT2D eigenvalue weighted by molar-refractivity contribution is 6.99. The average Bonchev–Trinajstić information content (AvgIpc) is 3.53. The first kappa shape index (κ1) is 37.7. The maximum Gasteiger partial charge on any atom is 0.413 e. The van der Waals surface area contributed by atoms with E-state index in [4.69, 9.17) is 30.5 Å². The van der Waals surface area contributed by atoms with Crippen LogP contribution < -0.4 is 25.7 Å². The normalized spacial score (nSPS) is 12.5. The molecular formula is C38H46ClFN6O4Si. The van der Waals surface area contributed by atoms with Crippen LogP contribution >= 0.6 is 11.6 Å². The number of methoxy groups -OCH3 is 2. The summed E-state index contributed by atoms with van der Waals surface area (Å²) in [6.45, 7) is 9.66. The van der Waals surface area contributed by atoms with Crippen LogP contribution in [0.2, 0.25) is 5.04 Å². The third-order valence-electron chi connectivity index (χ3n) is 8.98. The predicted octanol–water partition coefficient (Wildman–Crippen LogP) is 7.49. The lowest BCUT2D eigenvalue weighted by molar-refractivity contribution is 0.186. The second-order valence-electron chi connectivity index (χ2n) is 13.4. The molecule has 5 aromatic rings. The van der Waals surface area contributed by atoms with Gasteiger partial charge in [-0.2, -0.15) is 10.1 Å². The van der Waals surface area contributed by atoms with Crippen LogP contribution in [0.25, 0.3) is 11.0 Å². The number of carbonyl (C=O) groups is 1. The quantitative estimate of drug-likeness (QED) is 0.0842. The van der Waals surface area contributed by atoms with Crippen molar-refractivity contribution in [2.24, 2.45) is 0 Å². The molecule has 2 N–H and O–H groups in total. The minimum absolute atomic E-state index is 0.00975. The predicted molar refractivity (Wildman–Crippen MR) is 203 cm³/mol. The number of nitrogens with zero attached hydrogens (tertiary/aromatic N) is 4. The second kappa shape index (κ2) is 16.7. The fourth-order valence-electron chi connectivity index (χ4n) is 6.59. The Morgan fingerprint density at radius 1 is 0.980 bits per heavy atom. The first-order valence-corrected chi connectivity index (χ1v) is 19.5. The van der Waals surface area contributed by atoms with E-state index in [2.05, 4.69) is 96.9 Å². The first-order chi connectivity index (χ1) is 24.5. The summed E-state index contributed by atoms with van der Waals surface area (Å²) in [5, 5.41) is 13.1. The number of hydrogen-bond acceptors (Lipinski definition) is 8. The van der Waals surface area contributed by atoms with Crippen molar-refractivity contribution in [3.05, 3.63) is 95.9 Å². The Labute approximate surface area is 304 Å². The number of ether oxygens (including phenoxy) is 2. The molecule has 2 heterocycles. The molecule has 1 atom stereocenters. The topological polar surface area (TPSA) is 112 Å². The van der Waals surface area contributed by atoms with Gasteiger partial charge in [-0.1, -0.05) is 94.8 Å². The molecule has 0 saturated heterocycles. The summed E-state index contributed by atoms with van der Waals surface area (Å²) in [7, 11) is 0.0223. The Hall–Kier alpha value is -4.52. The van der Waals surface area contributed by atoms with E-state index in [1.807, 2.05) is 12.1 Å². The monoisotopic (exact) mass is 732 g/mol. The number of benzene rings is 3. The molecule has 0 fully saturated rings. The molecule has 0 aliphatic carbocycles. The molecule has 10 nitrogen and oxygen atoms in total. The number of hydrogen-bond donors (Lipinski definition) is 2. The Morgan fingerprint density at radius 2 is 1.65 bits per heavy atom. The molecule has 270 valence electrons. The van der Waals surface area contributed by atoms with E-state index < -0.39 is 20.2 Å². The van der Waals surface area contributed by atoms with E-state index in [1.54, 1.807) is 16.9 Å². The van der Waals surface area contributed by atoms with Gasteiger partial charge in [0.2, 0.25) is 5.95 Å². The standard InChI is InChI=1S/C38H46ClFN6O4Si/c1-7-14-28(19-20-50-51(38(2,3)4,29-15-10-8-11-16-29)30-17-12-9-13-18-30)42-35-34-32(43-36(44-35)45-37(47)49-6)24-41-46(34)25-27-21-26(23-39)31(40)22-33(27)48-5/h8-13,15-18,21-22,24,28H,7,14,19-20,23,25H2,1-6H3,(H2,42,43,44,45,47)/t28-/m0/s1. The summed E-state index contributed by atoms with van der Waals surface area (Å²) >= 11 is 6.04. The molecule has 13 heteroatoms. The van der Waals surface area contributed by atoms with Crippen LogP contribution in [0, 0.1) is 5.82 Å². The van der Waals surface area contributed by atoms with Gasteiger partial charge < -0.3 is 19.2 Å². The SMILES string of the molecule is CCC[C@@H](CCO[Si](c1ccccc1)(c1ccccc1)C(C)(C)C)Nc1nc(NC(=O)OC)nc2cnn(Cc3cc(CCl)c(F)cc3OC)c12. The number of carbonyl (C=O) groups excluding carboxylic acids is 1. The van der Waals surface area contributed by atoms with E-state index in [0.29, 0.717) is 46.8 Å². The molecule has 51 heavy (non-hydrogen) atoms. The molecule has 3 aromatic carbocycles. The number of fused-ring (bicyclic) bond motifs is 1. The van der Waals surface area contributed by atoms with Gasteiger partial charge in [0.15, 0.2) is 5.82 Å². The van der Waals surface area contributed by atoms with Gasteiger partial charge in [0, 0.05) is 29.8 Å². The zero-order valence-electron chi connectivity index (χ0n) is 30.0. The highest BCUT2D eigenvalue weighted by Gasteiger charge is 2.50. The third kappa shape index (κ3) is 8.35. The fourth-order valence-corrected chi connectivity index (χ4v) is 11.4. The molecule has 0 radical (unpaired) electrons. The number of aromatic nitrogens is 4. The largest absolute Gasteiger partial charge is 0.496 e. The minimum Gasteiger partial charge on any atom is -0.496 e. The molecule has 0 saturated carbocycles. The van der Waals surface area contributed by atoms with Gasteiger partial charge in [-0.25, -0.2) is 14.2 Å². The number of anilines is 2. The van der Waals surface area contributed by atoms with E-state index in [1.165, 1.54) is 30.7 Å². The highest BCUT2D eigenvalue weighted by Crippen LogP contribution is 2.37. The van der Waals surface area contributed by atoms with Gasteiger partial charge in [-0.3, -0.25) is 10.00 Å². The zero-order chi connectivity index (χ0) is 36.6. The van der Waals surface area contributed by atoms with Gasteiger partial charge in [-0.15, -0.1) is 11.6 Å². The summed E-state index contributed by atoms with van der Waals surface area (Å²) in [5.74, 6) is 0.484. The van der Waals surface area contributed by atoms with Crippen LogP contribution in [-0.2, 0) is 21.6 Å². The number of amides is 1. The Balaban J connectivity index is 1.50. The second-order valence-corrected chi connectivity index (χ2v) is 17.9. The van der Waals surface area contributed by atoms with Crippen molar-refractivity contribution in [1.29, 1.82) is 0 Å². The van der Waals surface area contributed by atoms with Gasteiger partial charge in [0.05, 0.1) is 32.8 Å². The summed E-state index contributed by atoms with van der Waals surface area (Å²) in [6.07, 6.45) is 3.33. The van der Waals surface area contributed by atoms with Crippen LogP contribution in [0.1, 0.15) is 58.1 Å². The highest BCUT2D eigenvalue weighted by atomic mass is 35.5. The van der Waals surface area contributed by atoms with Crippen LogP contribution in [0.5, 0.6) is 5.75 Å². The zero-order valence-corrected chi connectivity index (χ0v) is 31.8. The number of halogens is 2. The van der Waals surface area contributed by atoms with Crippen LogP contribution in [-0.4, -0.2) is 61.0 Å². The van der Waals surface area contributed by atoms with Crippen molar-refractivity contribution in [2.45, 2.75) is 70.5 Å². The molecule has 0 aliphatic heterocycles. The fraction of sp³-hybridized carbons (Fsp3) is 0.368. The Kier molecular flexibility index (Phi) is 12.3. The van der Waals surface area contributed by atoms with Crippen molar-refractivity contribution < 1.29 is 23.1 Å². The number of rotatable bonds is 15. The number of alkyl halides is 1. The van der Waals surface area contributed by atoms with E-state index in [0.717, 1.165) is 12.8 Å². The molecule has 0 aliphatic rings. The summed E-state index contributed by atoms with van der Waals surface area (Å²) in [6, 6.07) is 24.1. The van der Waals surface area contributed by atoms with E-state index in [9.17, 15) is 9.18 Å². The minimum atomic E-state index is -2.75. The van der Waals surface area contributed by atoms with Crippen molar-refractivity contribution >= 4 is 59.2 Å². The maximum absolute atomic E-state index is 14.6. The van der Waals surface area contributed by atoms with Crippen molar-refractivity contribution in [3.63, 3.8) is 0 Å². The molecule has 2 aromatic heterocycles. The lowest BCUT2D eigenvalue weighted by Crippen LogP contribution is -2.66. The van der Waals surface area contributed by atoms with E-state index in [-0.39, 0.29) is 29.5 Å². The summed E-state index contributed by atoms with van der Waals surface area (Å²) < 4.78 is 33.8. The summed E-state index contributed by atoms with van der Waals surface area (Å²) in [4.78, 5) is 21.5. The van der Waals surface area contributed by atoms with Crippen molar-refractivity contribution in [3.8, 4) is 5.75 Å². The lowest BCUT2D eigenvalue weighted by atomic mass is 10.1. The van der Waals surface area contributed by atoms with Gasteiger partial charge in [0.1, 0.15) is 22.6 Å². The molecule has 0 spiro atoms. The Morgan fingerprint density at radius 3 is 2.22 bits per heavy atom. The van der Waals surface area contributed by atoms with Gasteiger partial charge in [-0.05, 0) is 34.3 Å². The lowest BCUT2D eigenvalue weighted by Gasteiger charge is -2.43. The smallest absolute Gasteiger partial charge is 0.413 e. The molecular weight excluding hydrogens is 687 g/mol. The Bertz CT molecular complexity index is 1880. The van der Waals surface area contributed by atoms with Crippen LogP contribution in [0.4, 0.5) is 21.0 Å². The maximum atomic E-state index is 14.6. The van der Waals surface area contributed by atoms with Crippen LogP contribution in [0.3, 0.4) is 0 Å². The van der Waals surface area contributed by atoms with Crippen molar-refractivity contribution in [1.82, 2.24) is 19.7 Å². The molecule has 0 bridgehead atoms. The van der Waals surface area contributed by atoms with E-state index >= 15 is 0 Å². The molecule has 5 rings (SSSR count). The van der Waals surface area contributed by atoms with Crippen LogP contribution in [0.15, 0.2) is 79.0 Å². The third-order valence-corrected chi connectivity index (χ3v) is 14.3. The van der Waals surface area contributed by atoms with Crippen molar-refractivity contribution in [2.75, 3.05) is 31.5 Å². The number of nitrogens with one attached hydrogen (secondary N) is 2. The van der Waals surface area contributed by atoms with Gasteiger partial charge >= 0.3 is 6.09 Å². The summed E-state index contributed by atoms with van der Waals surface area (Å²) in [5.41, 5.74) is 2.15. The molecule has 1 amide bonds. The first-order valence-electron chi connectivity index (χ1n) is 17.1. The van der Waals surface area contributed by atoms with Gasteiger partial charge in [0.25, 0.3) is 8.32 Å².